The van der Waals surface area contributed by atoms with Crippen LogP contribution in [0, 0.1) is 6.92 Å². The van der Waals surface area contributed by atoms with Crippen molar-refractivity contribution >= 4 is 5.97 Å². The smallest absolute Gasteiger partial charge is 0.339 e. The number of benzene rings is 1. The van der Waals surface area contributed by atoms with Gasteiger partial charge >= 0.3 is 5.97 Å². The molecule has 1 aromatic heterocycles. The van der Waals surface area contributed by atoms with Crippen LogP contribution in [0.4, 0.5) is 0 Å². The number of carbonyl (C=O) groups is 1. The molecule has 0 fully saturated rings. The lowest BCUT2D eigenvalue weighted by atomic mass is 10.2. The molecule has 0 aliphatic heterocycles. The SMILES string of the molecule is Cc1oc(CN(C)CCOCc2ccccc2)cc1C(=O)O. The van der Waals surface area contributed by atoms with E-state index in [0.29, 0.717) is 31.3 Å². The predicted molar refractivity (Wildman–Crippen MR) is 82.8 cm³/mol. The molecule has 0 aliphatic rings. The molecular weight excluding hydrogens is 282 g/mol. The highest BCUT2D eigenvalue weighted by Gasteiger charge is 2.14. The first-order valence-electron chi connectivity index (χ1n) is 7.19. The standard InChI is InChI=1S/C17H21NO4/c1-13-16(17(19)20)10-15(22-13)11-18(2)8-9-21-12-14-6-4-3-5-7-14/h3-7,10H,8-9,11-12H2,1-2H3,(H,19,20). The Bertz CT molecular complexity index is 606. The zero-order valence-corrected chi connectivity index (χ0v) is 12.9. The quantitative estimate of drug-likeness (QED) is 0.760. The molecule has 0 atom stereocenters. The van der Waals surface area contributed by atoms with Crippen LogP contribution in [0.15, 0.2) is 40.8 Å². The Morgan fingerprint density at radius 1 is 1.32 bits per heavy atom. The van der Waals surface area contributed by atoms with Crippen LogP contribution in [0.5, 0.6) is 0 Å². The third kappa shape index (κ3) is 4.72. The second-order valence-corrected chi connectivity index (χ2v) is 5.26. The van der Waals surface area contributed by atoms with Gasteiger partial charge in [-0.25, -0.2) is 4.79 Å². The first-order valence-corrected chi connectivity index (χ1v) is 7.19. The Morgan fingerprint density at radius 2 is 2.05 bits per heavy atom. The van der Waals surface area contributed by atoms with Crippen molar-refractivity contribution in [3.05, 3.63) is 59.0 Å². The zero-order chi connectivity index (χ0) is 15.9. The number of carboxylic acids is 1. The fraction of sp³-hybridized carbons (Fsp3) is 0.353. The molecule has 2 aromatic rings. The van der Waals surface area contributed by atoms with Crippen molar-refractivity contribution < 1.29 is 19.1 Å². The summed E-state index contributed by atoms with van der Waals surface area (Å²) >= 11 is 0. The normalized spacial score (nSPS) is 11.0. The van der Waals surface area contributed by atoms with E-state index in [1.807, 2.05) is 42.3 Å². The molecule has 1 N–H and O–H groups in total. The van der Waals surface area contributed by atoms with Crippen molar-refractivity contribution in [2.45, 2.75) is 20.1 Å². The lowest BCUT2D eigenvalue weighted by Gasteiger charge is -2.15. The number of hydrogen-bond acceptors (Lipinski definition) is 4. The van der Waals surface area contributed by atoms with E-state index in [9.17, 15) is 4.79 Å². The first kappa shape index (κ1) is 16.3. The van der Waals surface area contributed by atoms with E-state index < -0.39 is 5.97 Å². The van der Waals surface area contributed by atoms with E-state index in [0.717, 1.165) is 12.1 Å². The third-order valence-corrected chi connectivity index (χ3v) is 3.35. The van der Waals surface area contributed by atoms with Gasteiger partial charge in [-0.3, -0.25) is 4.90 Å². The molecule has 0 saturated carbocycles. The maximum absolute atomic E-state index is 11.0. The highest BCUT2D eigenvalue weighted by molar-refractivity contribution is 5.88. The second-order valence-electron chi connectivity index (χ2n) is 5.26. The molecule has 22 heavy (non-hydrogen) atoms. The Hall–Kier alpha value is -2.11. The molecule has 5 nitrogen and oxygen atoms in total. The van der Waals surface area contributed by atoms with Crippen LogP contribution in [0.1, 0.15) is 27.4 Å². The van der Waals surface area contributed by atoms with E-state index in [1.54, 1.807) is 13.0 Å². The van der Waals surface area contributed by atoms with Gasteiger partial charge in [0.2, 0.25) is 0 Å². The van der Waals surface area contributed by atoms with Crippen LogP contribution in [-0.2, 0) is 17.9 Å². The maximum atomic E-state index is 11.0. The van der Waals surface area contributed by atoms with Gasteiger partial charge in [0.05, 0.1) is 19.8 Å². The second kappa shape index (κ2) is 7.77. The van der Waals surface area contributed by atoms with Crippen LogP contribution in [0.25, 0.3) is 0 Å². The maximum Gasteiger partial charge on any atom is 0.339 e. The van der Waals surface area contributed by atoms with Gasteiger partial charge in [-0.2, -0.15) is 0 Å². The molecule has 2 rings (SSSR count). The van der Waals surface area contributed by atoms with Gasteiger partial charge in [0.15, 0.2) is 0 Å². The van der Waals surface area contributed by atoms with Gasteiger partial charge in [-0.05, 0) is 25.6 Å². The Balaban J connectivity index is 1.72. The minimum absolute atomic E-state index is 0.226. The summed E-state index contributed by atoms with van der Waals surface area (Å²) in [6.45, 7) is 4.17. The molecule has 0 amide bonds. The number of rotatable bonds is 8. The summed E-state index contributed by atoms with van der Waals surface area (Å²) in [7, 11) is 1.95. The van der Waals surface area contributed by atoms with Gasteiger partial charge in [-0.1, -0.05) is 30.3 Å². The fourth-order valence-electron chi connectivity index (χ4n) is 2.16. The number of nitrogens with zero attached hydrogens (tertiary/aromatic N) is 1. The topological polar surface area (TPSA) is 62.9 Å². The van der Waals surface area contributed by atoms with E-state index >= 15 is 0 Å². The minimum Gasteiger partial charge on any atom is -0.478 e. The fourth-order valence-corrected chi connectivity index (χ4v) is 2.16. The Morgan fingerprint density at radius 3 is 2.68 bits per heavy atom. The summed E-state index contributed by atoms with van der Waals surface area (Å²) in [4.78, 5) is 13.0. The summed E-state index contributed by atoms with van der Waals surface area (Å²) < 4.78 is 11.1. The molecule has 0 saturated heterocycles. The summed E-state index contributed by atoms with van der Waals surface area (Å²) in [6, 6.07) is 11.6. The van der Waals surface area contributed by atoms with Crippen LogP contribution in [-0.4, -0.2) is 36.2 Å². The van der Waals surface area contributed by atoms with Crippen LogP contribution < -0.4 is 0 Å². The van der Waals surface area contributed by atoms with Gasteiger partial charge in [0, 0.05) is 6.54 Å². The Kier molecular flexibility index (Phi) is 5.75. The van der Waals surface area contributed by atoms with E-state index in [-0.39, 0.29) is 5.56 Å². The molecule has 1 aromatic carbocycles. The van der Waals surface area contributed by atoms with E-state index in [4.69, 9.17) is 14.3 Å². The van der Waals surface area contributed by atoms with Crippen LogP contribution >= 0.6 is 0 Å². The zero-order valence-electron chi connectivity index (χ0n) is 12.9. The summed E-state index contributed by atoms with van der Waals surface area (Å²) in [5, 5.41) is 9.00. The number of furan rings is 1. The molecule has 0 aliphatic carbocycles. The molecule has 0 spiro atoms. The molecule has 5 heteroatoms. The van der Waals surface area contributed by atoms with Crippen molar-refractivity contribution in [2.24, 2.45) is 0 Å². The number of aryl methyl sites for hydroxylation is 1. The van der Waals surface area contributed by atoms with Gasteiger partial charge in [0.1, 0.15) is 17.1 Å². The lowest BCUT2D eigenvalue weighted by Crippen LogP contribution is -2.22. The molecule has 1 heterocycles. The molecule has 0 bridgehead atoms. The molecule has 118 valence electrons. The third-order valence-electron chi connectivity index (χ3n) is 3.35. The Labute approximate surface area is 130 Å². The van der Waals surface area contributed by atoms with E-state index in [2.05, 4.69) is 0 Å². The number of likely N-dealkylation sites (N-methyl/N-ethyl adjacent to an activating group) is 1. The van der Waals surface area contributed by atoms with Crippen molar-refractivity contribution in [1.29, 1.82) is 0 Å². The number of hydrogen-bond donors (Lipinski definition) is 1. The van der Waals surface area contributed by atoms with Gasteiger partial charge in [-0.15, -0.1) is 0 Å². The van der Waals surface area contributed by atoms with Gasteiger partial charge in [0.25, 0.3) is 0 Å². The first-order chi connectivity index (χ1) is 10.6. The van der Waals surface area contributed by atoms with E-state index in [1.165, 1.54) is 0 Å². The number of aromatic carboxylic acids is 1. The minimum atomic E-state index is -0.957. The number of ether oxygens (including phenoxy) is 1. The monoisotopic (exact) mass is 303 g/mol. The van der Waals surface area contributed by atoms with Crippen molar-refractivity contribution in [3.8, 4) is 0 Å². The summed E-state index contributed by atoms with van der Waals surface area (Å²) in [6.07, 6.45) is 0. The number of carboxylic acid groups (broad SMARTS) is 1. The van der Waals surface area contributed by atoms with Crippen molar-refractivity contribution in [3.63, 3.8) is 0 Å². The highest BCUT2D eigenvalue weighted by atomic mass is 16.5. The lowest BCUT2D eigenvalue weighted by molar-refractivity contribution is 0.0695. The molecule has 0 unspecified atom stereocenters. The predicted octanol–water partition coefficient (Wildman–Crippen LogP) is 2.93. The highest BCUT2D eigenvalue weighted by Crippen LogP contribution is 2.15. The summed E-state index contributed by atoms with van der Waals surface area (Å²) in [5.41, 5.74) is 1.38. The van der Waals surface area contributed by atoms with Crippen LogP contribution in [0.2, 0.25) is 0 Å². The van der Waals surface area contributed by atoms with Crippen molar-refractivity contribution in [1.82, 2.24) is 4.90 Å². The van der Waals surface area contributed by atoms with Crippen LogP contribution in [0.3, 0.4) is 0 Å². The summed E-state index contributed by atoms with van der Waals surface area (Å²) in [5.74, 6) is 0.137. The largest absolute Gasteiger partial charge is 0.478 e. The average Bonchev–Trinajstić information content (AvgIpc) is 2.85. The van der Waals surface area contributed by atoms with Gasteiger partial charge < -0.3 is 14.3 Å². The molecular formula is C17H21NO4. The average molecular weight is 303 g/mol. The molecule has 0 radical (unpaired) electrons. The van der Waals surface area contributed by atoms with Crippen molar-refractivity contribution in [2.75, 3.05) is 20.2 Å².